The van der Waals surface area contributed by atoms with Crippen molar-refractivity contribution >= 4 is 22.6 Å². The SMILES string of the molecule is C/C=C\Nc1cnc2c(c1)c(CCNC(C)=O)c(Cc1ccc(F)cc1)n2C. The monoisotopic (exact) mass is 380 g/mol. The smallest absolute Gasteiger partial charge is 0.216 e. The van der Waals surface area contributed by atoms with Crippen LogP contribution in [0.3, 0.4) is 0 Å². The summed E-state index contributed by atoms with van der Waals surface area (Å²) in [6, 6.07) is 8.65. The third-order valence-electron chi connectivity index (χ3n) is 4.71. The molecule has 0 unspecified atom stereocenters. The molecule has 1 amide bonds. The van der Waals surface area contributed by atoms with Gasteiger partial charge in [-0.15, -0.1) is 0 Å². The highest BCUT2D eigenvalue weighted by Gasteiger charge is 2.17. The first kappa shape index (κ1) is 19.6. The summed E-state index contributed by atoms with van der Waals surface area (Å²) < 4.78 is 15.4. The topological polar surface area (TPSA) is 59.0 Å². The number of aromatic nitrogens is 2. The highest BCUT2D eigenvalue weighted by molar-refractivity contribution is 5.85. The average molecular weight is 380 g/mol. The van der Waals surface area contributed by atoms with Gasteiger partial charge in [-0.1, -0.05) is 18.2 Å². The van der Waals surface area contributed by atoms with Crippen LogP contribution < -0.4 is 10.6 Å². The molecule has 0 aliphatic heterocycles. The van der Waals surface area contributed by atoms with Gasteiger partial charge in [-0.25, -0.2) is 9.37 Å². The van der Waals surface area contributed by atoms with Crippen LogP contribution in [0.15, 0.2) is 48.8 Å². The number of nitrogens with one attached hydrogen (secondary N) is 2. The first-order valence-corrected chi connectivity index (χ1v) is 9.32. The van der Waals surface area contributed by atoms with Gasteiger partial charge in [0.1, 0.15) is 11.5 Å². The number of allylic oxidation sites excluding steroid dienone is 1. The molecule has 1 aromatic carbocycles. The fourth-order valence-corrected chi connectivity index (χ4v) is 3.35. The number of pyridine rings is 1. The Labute approximate surface area is 164 Å². The van der Waals surface area contributed by atoms with Gasteiger partial charge in [0.2, 0.25) is 5.91 Å². The van der Waals surface area contributed by atoms with E-state index in [4.69, 9.17) is 0 Å². The number of nitrogens with zero attached hydrogens (tertiary/aromatic N) is 2. The molecular weight excluding hydrogens is 355 g/mol. The molecule has 0 spiro atoms. The molecule has 2 heterocycles. The Kier molecular flexibility index (Phi) is 6.09. The molecule has 0 radical (unpaired) electrons. The number of rotatable bonds is 7. The maximum atomic E-state index is 13.3. The number of benzene rings is 1. The number of carbonyl (C=O) groups is 1. The van der Waals surface area contributed by atoms with Crippen LogP contribution in [-0.4, -0.2) is 22.0 Å². The molecule has 0 fully saturated rings. The predicted octanol–water partition coefficient (Wildman–Crippen LogP) is 3.93. The number of halogens is 1. The van der Waals surface area contributed by atoms with Crippen molar-refractivity contribution in [1.29, 1.82) is 0 Å². The zero-order valence-corrected chi connectivity index (χ0v) is 16.4. The van der Waals surface area contributed by atoms with Gasteiger partial charge in [-0.2, -0.15) is 0 Å². The van der Waals surface area contributed by atoms with Crippen molar-refractivity contribution in [3.05, 3.63) is 71.4 Å². The summed E-state index contributed by atoms with van der Waals surface area (Å²) in [4.78, 5) is 15.9. The largest absolute Gasteiger partial charge is 0.361 e. The van der Waals surface area contributed by atoms with E-state index in [1.165, 1.54) is 19.1 Å². The first-order valence-electron chi connectivity index (χ1n) is 9.32. The number of carbonyl (C=O) groups excluding carboxylic acids is 1. The molecule has 2 N–H and O–H groups in total. The summed E-state index contributed by atoms with van der Waals surface area (Å²) >= 11 is 0. The van der Waals surface area contributed by atoms with Crippen molar-refractivity contribution in [3.63, 3.8) is 0 Å². The van der Waals surface area contributed by atoms with E-state index in [0.29, 0.717) is 19.4 Å². The number of fused-ring (bicyclic) bond motifs is 1. The van der Waals surface area contributed by atoms with E-state index in [0.717, 1.165) is 33.5 Å². The van der Waals surface area contributed by atoms with Crippen LogP contribution in [0.2, 0.25) is 0 Å². The summed E-state index contributed by atoms with van der Waals surface area (Å²) in [5.41, 5.74) is 5.08. The molecule has 0 bridgehead atoms. The summed E-state index contributed by atoms with van der Waals surface area (Å²) in [7, 11) is 2.00. The molecule has 3 aromatic rings. The van der Waals surface area contributed by atoms with Crippen LogP contribution in [0.5, 0.6) is 0 Å². The van der Waals surface area contributed by atoms with Crippen LogP contribution in [0.25, 0.3) is 11.0 Å². The van der Waals surface area contributed by atoms with E-state index >= 15 is 0 Å². The van der Waals surface area contributed by atoms with E-state index < -0.39 is 0 Å². The fraction of sp³-hybridized carbons (Fsp3) is 0.273. The standard InChI is InChI=1S/C22H25FN4O/c1-4-10-25-18-13-20-19(9-11-24-15(2)28)21(27(3)22(20)26-14-18)12-16-5-7-17(23)8-6-16/h4-8,10,13-14,25H,9,11-12H2,1-3H3,(H,24,28)/b10-4-. The van der Waals surface area contributed by atoms with E-state index in [-0.39, 0.29) is 11.7 Å². The Bertz CT molecular complexity index is 1010. The van der Waals surface area contributed by atoms with Gasteiger partial charge in [0.05, 0.1) is 11.9 Å². The van der Waals surface area contributed by atoms with Crippen LogP contribution >= 0.6 is 0 Å². The molecule has 6 heteroatoms. The number of hydrogen-bond acceptors (Lipinski definition) is 3. The molecule has 28 heavy (non-hydrogen) atoms. The first-order chi connectivity index (χ1) is 13.5. The number of amides is 1. The quantitative estimate of drug-likeness (QED) is 0.653. The van der Waals surface area contributed by atoms with Gasteiger partial charge in [-0.05, 0) is 48.9 Å². The molecule has 3 rings (SSSR count). The zero-order valence-electron chi connectivity index (χ0n) is 16.4. The maximum absolute atomic E-state index is 13.3. The second-order valence-electron chi connectivity index (χ2n) is 6.76. The van der Waals surface area contributed by atoms with Crippen LogP contribution in [0, 0.1) is 5.82 Å². The Hall–Kier alpha value is -3.15. The lowest BCUT2D eigenvalue weighted by molar-refractivity contribution is -0.118. The summed E-state index contributed by atoms with van der Waals surface area (Å²) in [5.74, 6) is -0.290. The molecular formula is C22H25FN4O. The molecule has 0 saturated heterocycles. The number of aryl methyl sites for hydroxylation is 1. The number of anilines is 1. The van der Waals surface area contributed by atoms with Crippen molar-refractivity contribution in [3.8, 4) is 0 Å². The normalized spacial score (nSPS) is 11.3. The van der Waals surface area contributed by atoms with Gasteiger partial charge in [-0.3, -0.25) is 4.79 Å². The minimum Gasteiger partial charge on any atom is -0.361 e. The van der Waals surface area contributed by atoms with Crippen molar-refractivity contribution in [1.82, 2.24) is 14.9 Å². The number of hydrogen-bond donors (Lipinski definition) is 2. The molecule has 0 saturated carbocycles. The Balaban J connectivity index is 2.04. The van der Waals surface area contributed by atoms with Crippen LogP contribution in [0.1, 0.15) is 30.7 Å². The second-order valence-corrected chi connectivity index (χ2v) is 6.76. The summed E-state index contributed by atoms with van der Waals surface area (Å²) in [6.07, 6.45) is 6.96. The minimum atomic E-state index is -0.243. The zero-order chi connectivity index (χ0) is 20.1. The van der Waals surface area contributed by atoms with Crippen molar-refractivity contribution in [2.75, 3.05) is 11.9 Å². The van der Waals surface area contributed by atoms with Crippen molar-refractivity contribution < 1.29 is 9.18 Å². The van der Waals surface area contributed by atoms with E-state index in [9.17, 15) is 9.18 Å². The van der Waals surface area contributed by atoms with E-state index in [1.54, 1.807) is 12.1 Å². The second kappa shape index (κ2) is 8.69. The summed E-state index contributed by atoms with van der Waals surface area (Å²) in [6.45, 7) is 4.02. The third-order valence-corrected chi connectivity index (χ3v) is 4.71. The van der Waals surface area contributed by atoms with E-state index in [1.807, 2.05) is 32.4 Å². The van der Waals surface area contributed by atoms with Crippen LogP contribution in [-0.2, 0) is 24.7 Å². The Morgan fingerprint density at radius 1 is 1.29 bits per heavy atom. The molecule has 146 valence electrons. The molecule has 2 aromatic heterocycles. The van der Waals surface area contributed by atoms with Crippen LogP contribution in [0.4, 0.5) is 10.1 Å². The highest BCUT2D eigenvalue weighted by Crippen LogP contribution is 2.28. The van der Waals surface area contributed by atoms with Crippen molar-refractivity contribution in [2.45, 2.75) is 26.7 Å². The predicted molar refractivity (Wildman–Crippen MR) is 111 cm³/mol. The average Bonchev–Trinajstić information content (AvgIpc) is 2.93. The summed E-state index contributed by atoms with van der Waals surface area (Å²) in [5, 5.41) is 7.13. The molecule has 5 nitrogen and oxygen atoms in total. The van der Waals surface area contributed by atoms with Gasteiger partial charge in [0.15, 0.2) is 0 Å². The van der Waals surface area contributed by atoms with Gasteiger partial charge >= 0.3 is 0 Å². The molecule has 0 aliphatic carbocycles. The van der Waals surface area contributed by atoms with Gasteiger partial charge in [0, 0.05) is 38.0 Å². The third kappa shape index (κ3) is 4.39. The lowest BCUT2D eigenvalue weighted by atomic mass is 10.0. The Morgan fingerprint density at radius 3 is 2.71 bits per heavy atom. The lowest BCUT2D eigenvalue weighted by Gasteiger charge is -2.09. The molecule has 0 aliphatic rings. The lowest BCUT2D eigenvalue weighted by Crippen LogP contribution is -2.22. The molecule has 0 atom stereocenters. The minimum absolute atomic E-state index is 0.0473. The Morgan fingerprint density at radius 2 is 2.04 bits per heavy atom. The van der Waals surface area contributed by atoms with Crippen molar-refractivity contribution in [2.24, 2.45) is 7.05 Å². The van der Waals surface area contributed by atoms with Gasteiger partial charge in [0.25, 0.3) is 0 Å². The fourth-order valence-electron chi connectivity index (χ4n) is 3.35. The maximum Gasteiger partial charge on any atom is 0.216 e. The van der Waals surface area contributed by atoms with E-state index in [2.05, 4.69) is 26.3 Å². The highest BCUT2D eigenvalue weighted by atomic mass is 19.1. The van der Waals surface area contributed by atoms with Gasteiger partial charge < -0.3 is 15.2 Å².